The predicted octanol–water partition coefficient (Wildman–Crippen LogP) is 3.05. The van der Waals surface area contributed by atoms with Gasteiger partial charge in [-0.1, -0.05) is 26.7 Å². The highest BCUT2D eigenvalue weighted by Crippen LogP contribution is 2.35. The van der Waals surface area contributed by atoms with Gasteiger partial charge in [0.2, 0.25) is 0 Å². The molecule has 1 heterocycles. The molecule has 0 spiro atoms. The Labute approximate surface area is 106 Å². The van der Waals surface area contributed by atoms with Crippen LogP contribution in [0.5, 0.6) is 0 Å². The molecule has 5 unspecified atom stereocenters. The van der Waals surface area contributed by atoms with E-state index >= 15 is 0 Å². The van der Waals surface area contributed by atoms with Gasteiger partial charge in [-0.2, -0.15) is 0 Å². The first-order valence-corrected chi connectivity index (χ1v) is 7.55. The third kappa shape index (κ3) is 3.03. The zero-order valence-corrected chi connectivity index (χ0v) is 11.7. The Morgan fingerprint density at radius 3 is 2.53 bits per heavy atom. The largest absolute Gasteiger partial charge is 0.391 e. The maximum atomic E-state index is 10.3. The topological polar surface area (TPSA) is 23.5 Å². The summed E-state index contributed by atoms with van der Waals surface area (Å²) in [6.45, 7) is 8.15. The lowest BCUT2D eigenvalue weighted by Crippen LogP contribution is -2.48. The van der Waals surface area contributed by atoms with Crippen molar-refractivity contribution in [3.63, 3.8) is 0 Å². The van der Waals surface area contributed by atoms with E-state index in [0.29, 0.717) is 12.1 Å². The molecule has 2 fully saturated rings. The Morgan fingerprint density at radius 1 is 1.18 bits per heavy atom. The van der Waals surface area contributed by atoms with E-state index in [9.17, 15) is 5.11 Å². The number of rotatable bonds is 3. The maximum Gasteiger partial charge on any atom is 0.0695 e. The van der Waals surface area contributed by atoms with Crippen LogP contribution < -0.4 is 0 Å². The molecule has 1 aliphatic carbocycles. The maximum absolute atomic E-state index is 10.3. The van der Waals surface area contributed by atoms with Crippen LogP contribution in [0.3, 0.4) is 0 Å². The van der Waals surface area contributed by atoms with Gasteiger partial charge in [0.05, 0.1) is 6.10 Å². The summed E-state index contributed by atoms with van der Waals surface area (Å²) in [7, 11) is 0. The Kier molecular flexibility index (Phi) is 4.48. The van der Waals surface area contributed by atoms with Gasteiger partial charge in [0.15, 0.2) is 0 Å². The van der Waals surface area contributed by atoms with Crippen molar-refractivity contribution in [2.75, 3.05) is 6.54 Å². The molecule has 1 N–H and O–H groups in total. The monoisotopic (exact) mass is 239 g/mol. The van der Waals surface area contributed by atoms with Crippen molar-refractivity contribution < 1.29 is 5.11 Å². The molecule has 100 valence electrons. The van der Waals surface area contributed by atoms with Crippen molar-refractivity contribution >= 4 is 0 Å². The van der Waals surface area contributed by atoms with Crippen LogP contribution in [0.15, 0.2) is 0 Å². The molecule has 1 aliphatic heterocycles. The van der Waals surface area contributed by atoms with Gasteiger partial charge in [-0.05, 0) is 44.4 Å². The van der Waals surface area contributed by atoms with Crippen molar-refractivity contribution in [2.45, 2.75) is 77.5 Å². The molecule has 1 saturated carbocycles. The summed E-state index contributed by atoms with van der Waals surface area (Å²) in [5, 5.41) is 10.3. The van der Waals surface area contributed by atoms with E-state index in [0.717, 1.165) is 18.3 Å². The molecule has 2 rings (SSSR count). The van der Waals surface area contributed by atoms with Gasteiger partial charge in [0, 0.05) is 18.6 Å². The molecule has 2 heteroatoms. The summed E-state index contributed by atoms with van der Waals surface area (Å²) < 4.78 is 0. The highest BCUT2D eigenvalue weighted by atomic mass is 16.3. The number of hydrogen-bond acceptors (Lipinski definition) is 2. The van der Waals surface area contributed by atoms with Crippen LogP contribution in [0.1, 0.15) is 59.3 Å². The molecule has 2 aliphatic rings. The van der Waals surface area contributed by atoms with Gasteiger partial charge >= 0.3 is 0 Å². The molecular formula is C15H29NO. The second-order valence-corrected chi connectivity index (χ2v) is 6.49. The van der Waals surface area contributed by atoms with Crippen LogP contribution >= 0.6 is 0 Å². The van der Waals surface area contributed by atoms with Crippen LogP contribution in [-0.2, 0) is 0 Å². The average molecular weight is 239 g/mol. The Hall–Kier alpha value is -0.0800. The number of aliphatic hydroxyl groups is 1. The minimum absolute atomic E-state index is 0.0733. The number of hydrogen-bond donors (Lipinski definition) is 1. The average Bonchev–Trinajstić information content (AvgIpc) is 2.61. The van der Waals surface area contributed by atoms with E-state index in [-0.39, 0.29) is 6.10 Å². The smallest absolute Gasteiger partial charge is 0.0695 e. The van der Waals surface area contributed by atoms with Crippen molar-refractivity contribution in [3.05, 3.63) is 0 Å². The summed E-state index contributed by atoms with van der Waals surface area (Å²) in [5.74, 6) is 1.67. The molecule has 0 radical (unpaired) electrons. The standard InChI is InChI=1S/C15H29NO/c1-4-5-13-6-7-15(17)14(9-13)16-10-11(2)8-12(16)3/h11-15,17H,4-10H2,1-3H3. The SMILES string of the molecule is CCCC1CCC(O)C(N2CC(C)CC2C)C1. The Balaban J connectivity index is 1.97. The van der Waals surface area contributed by atoms with Crippen LogP contribution in [0.2, 0.25) is 0 Å². The minimum atomic E-state index is -0.0733. The van der Waals surface area contributed by atoms with Gasteiger partial charge in [0.25, 0.3) is 0 Å². The van der Waals surface area contributed by atoms with Crippen molar-refractivity contribution in [3.8, 4) is 0 Å². The second kappa shape index (κ2) is 5.71. The summed E-state index contributed by atoms with van der Waals surface area (Å²) in [6, 6.07) is 1.12. The molecule has 2 nitrogen and oxygen atoms in total. The number of nitrogens with zero attached hydrogens (tertiary/aromatic N) is 1. The fourth-order valence-corrected chi connectivity index (χ4v) is 4.04. The summed E-state index contributed by atoms with van der Waals surface area (Å²) in [5.41, 5.74) is 0. The molecular weight excluding hydrogens is 210 g/mol. The zero-order valence-electron chi connectivity index (χ0n) is 11.7. The van der Waals surface area contributed by atoms with Crippen LogP contribution in [0, 0.1) is 11.8 Å². The van der Waals surface area contributed by atoms with Gasteiger partial charge in [-0.25, -0.2) is 0 Å². The zero-order chi connectivity index (χ0) is 12.4. The first-order valence-electron chi connectivity index (χ1n) is 7.55. The molecule has 0 aromatic heterocycles. The molecule has 0 aromatic rings. The molecule has 1 saturated heterocycles. The number of likely N-dealkylation sites (tertiary alicyclic amines) is 1. The van der Waals surface area contributed by atoms with Crippen LogP contribution in [-0.4, -0.2) is 34.7 Å². The normalized spacial score (nSPS) is 44.1. The first-order chi connectivity index (χ1) is 8.11. The summed E-state index contributed by atoms with van der Waals surface area (Å²) in [4.78, 5) is 2.59. The van der Waals surface area contributed by atoms with E-state index in [2.05, 4.69) is 25.7 Å². The fraction of sp³-hybridized carbons (Fsp3) is 1.00. The molecule has 0 bridgehead atoms. The molecule has 5 atom stereocenters. The third-order valence-electron chi connectivity index (χ3n) is 4.84. The van der Waals surface area contributed by atoms with E-state index in [1.165, 1.54) is 38.6 Å². The number of aliphatic hydroxyl groups excluding tert-OH is 1. The van der Waals surface area contributed by atoms with Crippen molar-refractivity contribution in [1.82, 2.24) is 4.90 Å². The van der Waals surface area contributed by atoms with Gasteiger partial charge in [-0.15, -0.1) is 0 Å². The Morgan fingerprint density at radius 2 is 1.94 bits per heavy atom. The molecule has 0 aromatic carbocycles. The van der Waals surface area contributed by atoms with E-state index in [4.69, 9.17) is 0 Å². The molecule has 0 amide bonds. The highest BCUT2D eigenvalue weighted by molar-refractivity contribution is 4.92. The predicted molar refractivity (Wildman–Crippen MR) is 72.0 cm³/mol. The highest BCUT2D eigenvalue weighted by Gasteiger charge is 2.38. The first kappa shape index (κ1) is 13.4. The lowest BCUT2D eigenvalue weighted by Gasteiger charge is -2.41. The van der Waals surface area contributed by atoms with E-state index < -0.39 is 0 Å². The Bertz CT molecular complexity index is 243. The van der Waals surface area contributed by atoms with Gasteiger partial charge < -0.3 is 5.11 Å². The lowest BCUT2D eigenvalue weighted by molar-refractivity contribution is -0.00235. The quantitative estimate of drug-likeness (QED) is 0.818. The summed E-state index contributed by atoms with van der Waals surface area (Å²) in [6.07, 6.45) is 7.36. The van der Waals surface area contributed by atoms with Crippen LogP contribution in [0.4, 0.5) is 0 Å². The van der Waals surface area contributed by atoms with E-state index in [1.807, 2.05) is 0 Å². The second-order valence-electron chi connectivity index (χ2n) is 6.49. The van der Waals surface area contributed by atoms with Crippen molar-refractivity contribution in [2.24, 2.45) is 11.8 Å². The third-order valence-corrected chi connectivity index (χ3v) is 4.84. The lowest BCUT2D eigenvalue weighted by atomic mass is 9.80. The van der Waals surface area contributed by atoms with Gasteiger partial charge in [-0.3, -0.25) is 4.90 Å². The minimum Gasteiger partial charge on any atom is -0.391 e. The van der Waals surface area contributed by atoms with Crippen molar-refractivity contribution in [1.29, 1.82) is 0 Å². The molecule has 17 heavy (non-hydrogen) atoms. The van der Waals surface area contributed by atoms with E-state index in [1.54, 1.807) is 0 Å². The van der Waals surface area contributed by atoms with Gasteiger partial charge in [0.1, 0.15) is 0 Å². The fourth-order valence-electron chi connectivity index (χ4n) is 4.04. The summed E-state index contributed by atoms with van der Waals surface area (Å²) >= 11 is 0. The van der Waals surface area contributed by atoms with Crippen LogP contribution in [0.25, 0.3) is 0 Å².